The molecule has 1 fully saturated rings. The molecule has 1 aromatic heterocycles. The predicted octanol–water partition coefficient (Wildman–Crippen LogP) is 1.99. The van der Waals surface area contributed by atoms with Gasteiger partial charge in [-0.3, -0.25) is 4.98 Å². The lowest BCUT2D eigenvalue weighted by Crippen LogP contribution is -2.10. The standard InChI is InChI=1S/C9H14N2S2/c1-2-10-3-8(1)5-12-6-9-4-11-7-13-9/h4,7-8,10H,1-3,5-6H2/t8-/m0/s1. The fourth-order valence-electron chi connectivity index (χ4n) is 1.50. The first kappa shape index (κ1) is 9.49. The summed E-state index contributed by atoms with van der Waals surface area (Å²) in [5.41, 5.74) is 1.91. The van der Waals surface area contributed by atoms with E-state index in [0.717, 1.165) is 11.7 Å². The van der Waals surface area contributed by atoms with E-state index in [1.54, 1.807) is 11.3 Å². The summed E-state index contributed by atoms with van der Waals surface area (Å²) >= 11 is 3.80. The molecule has 2 nitrogen and oxygen atoms in total. The van der Waals surface area contributed by atoms with Crippen molar-refractivity contribution in [1.82, 2.24) is 10.3 Å². The quantitative estimate of drug-likeness (QED) is 0.829. The van der Waals surface area contributed by atoms with E-state index in [2.05, 4.69) is 10.3 Å². The van der Waals surface area contributed by atoms with Crippen LogP contribution in [0, 0.1) is 5.92 Å². The summed E-state index contributed by atoms with van der Waals surface area (Å²) < 4.78 is 0. The van der Waals surface area contributed by atoms with Crippen LogP contribution >= 0.6 is 23.1 Å². The highest BCUT2D eigenvalue weighted by Crippen LogP contribution is 2.20. The molecule has 0 amide bonds. The van der Waals surface area contributed by atoms with Crippen molar-refractivity contribution >= 4 is 23.1 Å². The molecule has 0 radical (unpaired) electrons. The lowest BCUT2D eigenvalue weighted by atomic mass is 10.2. The largest absolute Gasteiger partial charge is 0.316 e. The minimum atomic E-state index is 0.901. The zero-order valence-corrected chi connectivity index (χ0v) is 9.16. The van der Waals surface area contributed by atoms with Crippen molar-refractivity contribution in [2.75, 3.05) is 18.8 Å². The van der Waals surface area contributed by atoms with Crippen LogP contribution in [-0.4, -0.2) is 23.8 Å². The Morgan fingerprint density at radius 2 is 2.69 bits per heavy atom. The van der Waals surface area contributed by atoms with E-state index in [-0.39, 0.29) is 0 Å². The zero-order chi connectivity index (χ0) is 8.93. The molecule has 2 heterocycles. The van der Waals surface area contributed by atoms with Gasteiger partial charge in [0.2, 0.25) is 0 Å². The highest BCUT2D eigenvalue weighted by molar-refractivity contribution is 7.98. The molecule has 1 atom stereocenters. The van der Waals surface area contributed by atoms with Crippen LogP contribution in [0.3, 0.4) is 0 Å². The SMILES string of the molecule is c1ncc(CSC[C@H]2CCNC2)s1. The molecule has 4 heteroatoms. The topological polar surface area (TPSA) is 24.9 Å². The second kappa shape index (κ2) is 4.98. The first-order valence-electron chi connectivity index (χ1n) is 4.61. The highest BCUT2D eigenvalue weighted by atomic mass is 32.2. The summed E-state index contributed by atoms with van der Waals surface area (Å²) in [7, 11) is 0. The molecule has 13 heavy (non-hydrogen) atoms. The number of hydrogen-bond donors (Lipinski definition) is 1. The van der Waals surface area contributed by atoms with Crippen molar-refractivity contribution in [3.05, 3.63) is 16.6 Å². The van der Waals surface area contributed by atoms with Gasteiger partial charge in [0.15, 0.2) is 0 Å². The number of aromatic nitrogens is 1. The van der Waals surface area contributed by atoms with Gasteiger partial charge in [-0.15, -0.1) is 11.3 Å². The minimum Gasteiger partial charge on any atom is -0.316 e. The smallest absolute Gasteiger partial charge is 0.0794 e. The summed E-state index contributed by atoms with van der Waals surface area (Å²) in [5, 5.41) is 3.39. The Kier molecular flexibility index (Phi) is 3.64. The molecule has 0 unspecified atom stereocenters. The maximum Gasteiger partial charge on any atom is 0.0794 e. The molecule has 1 aliphatic rings. The molecule has 2 rings (SSSR count). The van der Waals surface area contributed by atoms with Gasteiger partial charge in [-0.2, -0.15) is 11.8 Å². The van der Waals surface area contributed by atoms with Crippen LogP contribution in [0.2, 0.25) is 0 Å². The molecule has 0 bridgehead atoms. The third-order valence-corrected chi connectivity index (χ3v) is 4.43. The van der Waals surface area contributed by atoms with Gasteiger partial charge in [0.1, 0.15) is 0 Å². The van der Waals surface area contributed by atoms with E-state index >= 15 is 0 Å². The van der Waals surface area contributed by atoms with Crippen LogP contribution in [-0.2, 0) is 5.75 Å². The van der Waals surface area contributed by atoms with Gasteiger partial charge < -0.3 is 5.32 Å². The summed E-state index contributed by atoms with van der Waals surface area (Å²) in [6, 6.07) is 0. The molecular weight excluding hydrogens is 200 g/mol. The molecule has 1 saturated heterocycles. The van der Waals surface area contributed by atoms with E-state index < -0.39 is 0 Å². The maximum absolute atomic E-state index is 4.07. The van der Waals surface area contributed by atoms with Gasteiger partial charge in [-0.05, 0) is 31.2 Å². The van der Waals surface area contributed by atoms with Crippen LogP contribution in [0.5, 0.6) is 0 Å². The van der Waals surface area contributed by atoms with Crippen molar-refractivity contribution < 1.29 is 0 Å². The Bertz CT molecular complexity index is 230. The molecule has 1 N–H and O–H groups in total. The van der Waals surface area contributed by atoms with Crippen LogP contribution in [0.1, 0.15) is 11.3 Å². The highest BCUT2D eigenvalue weighted by Gasteiger charge is 2.13. The first-order chi connectivity index (χ1) is 6.45. The number of rotatable bonds is 4. The molecule has 0 aromatic carbocycles. The lowest BCUT2D eigenvalue weighted by Gasteiger charge is -2.05. The number of thiazole rings is 1. The first-order valence-corrected chi connectivity index (χ1v) is 6.64. The van der Waals surface area contributed by atoms with Gasteiger partial charge in [0, 0.05) is 16.8 Å². The van der Waals surface area contributed by atoms with Crippen molar-refractivity contribution in [1.29, 1.82) is 0 Å². The van der Waals surface area contributed by atoms with Gasteiger partial charge in [-0.25, -0.2) is 0 Å². The fourth-order valence-corrected chi connectivity index (χ4v) is 3.41. The zero-order valence-electron chi connectivity index (χ0n) is 7.53. The van der Waals surface area contributed by atoms with Gasteiger partial charge >= 0.3 is 0 Å². The van der Waals surface area contributed by atoms with E-state index in [0.29, 0.717) is 0 Å². The van der Waals surface area contributed by atoms with Crippen molar-refractivity contribution in [3.63, 3.8) is 0 Å². The Morgan fingerprint density at radius 3 is 3.38 bits per heavy atom. The average molecular weight is 214 g/mol. The molecule has 0 saturated carbocycles. The molecule has 1 aliphatic heterocycles. The van der Waals surface area contributed by atoms with Gasteiger partial charge in [-0.1, -0.05) is 0 Å². The Labute approximate surface area is 87.1 Å². The van der Waals surface area contributed by atoms with E-state index in [1.807, 2.05) is 23.5 Å². The van der Waals surface area contributed by atoms with Crippen LogP contribution in [0.25, 0.3) is 0 Å². The van der Waals surface area contributed by atoms with Crippen molar-refractivity contribution in [3.8, 4) is 0 Å². The van der Waals surface area contributed by atoms with E-state index in [1.165, 1.54) is 30.1 Å². The third-order valence-electron chi connectivity index (χ3n) is 2.24. The summed E-state index contributed by atoms with van der Waals surface area (Å²) in [6.45, 7) is 2.43. The molecular formula is C9H14N2S2. The summed E-state index contributed by atoms with van der Waals surface area (Å²) in [6.07, 6.45) is 3.33. The maximum atomic E-state index is 4.07. The van der Waals surface area contributed by atoms with Gasteiger partial charge in [0.25, 0.3) is 0 Å². The lowest BCUT2D eigenvalue weighted by molar-refractivity contribution is 0.662. The number of nitrogens with one attached hydrogen (secondary N) is 1. The molecule has 1 aromatic rings. The van der Waals surface area contributed by atoms with Crippen LogP contribution in [0.4, 0.5) is 0 Å². The van der Waals surface area contributed by atoms with Crippen LogP contribution in [0.15, 0.2) is 11.7 Å². The summed E-state index contributed by atoms with van der Waals surface area (Å²) in [4.78, 5) is 5.46. The fraction of sp³-hybridized carbons (Fsp3) is 0.667. The van der Waals surface area contributed by atoms with Crippen molar-refractivity contribution in [2.45, 2.75) is 12.2 Å². The monoisotopic (exact) mass is 214 g/mol. The summed E-state index contributed by atoms with van der Waals surface area (Å²) in [5.74, 6) is 3.34. The second-order valence-corrected chi connectivity index (χ2v) is 5.34. The molecule has 0 aliphatic carbocycles. The Balaban J connectivity index is 1.63. The van der Waals surface area contributed by atoms with Crippen molar-refractivity contribution in [2.24, 2.45) is 5.92 Å². The number of thioether (sulfide) groups is 1. The van der Waals surface area contributed by atoms with E-state index in [9.17, 15) is 0 Å². The predicted molar refractivity (Wildman–Crippen MR) is 59.3 cm³/mol. The van der Waals surface area contributed by atoms with E-state index in [4.69, 9.17) is 0 Å². The number of nitrogens with zero attached hydrogens (tertiary/aromatic N) is 1. The number of hydrogen-bond acceptors (Lipinski definition) is 4. The minimum absolute atomic E-state index is 0.901. The van der Waals surface area contributed by atoms with Gasteiger partial charge in [0.05, 0.1) is 5.51 Å². The molecule has 72 valence electrons. The molecule has 0 spiro atoms. The average Bonchev–Trinajstić information content (AvgIpc) is 2.75. The normalized spacial score (nSPS) is 22.3. The Morgan fingerprint density at radius 1 is 1.69 bits per heavy atom. The van der Waals surface area contributed by atoms with Crippen LogP contribution < -0.4 is 5.32 Å². The Hall–Kier alpha value is -0.0600. The third kappa shape index (κ3) is 2.97. The second-order valence-electron chi connectivity index (χ2n) is 3.34.